The summed E-state index contributed by atoms with van der Waals surface area (Å²) in [6.45, 7) is 8.73. The van der Waals surface area contributed by atoms with Crippen molar-refractivity contribution in [2.24, 2.45) is 5.92 Å². The van der Waals surface area contributed by atoms with E-state index in [-0.39, 0.29) is 23.6 Å². The van der Waals surface area contributed by atoms with Gasteiger partial charge in [0, 0.05) is 37.7 Å². The van der Waals surface area contributed by atoms with E-state index in [1.54, 1.807) is 39.7 Å². The largest absolute Gasteiger partial charge is 0.496 e. The fourth-order valence-corrected chi connectivity index (χ4v) is 4.72. The number of hydrogen-bond donors (Lipinski definition) is 2. The molecular formula is C27H40N4O6. The zero-order valence-corrected chi connectivity index (χ0v) is 22.5. The summed E-state index contributed by atoms with van der Waals surface area (Å²) in [5.74, 6) is -0.156. The van der Waals surface area contributed by atoms with E-state index in [9.17, 15) is 19.2 Å². The standard InChI is InChI=1S/C27H40N4O6/c1-18(23(32)28-17-20-9-6-7-11-22(20)36-5)29-24(33)19-12-15-30(16-13-19)25(34)21-10-8-14-31(21)26(35)37-27(2,3)4/h6-7,9,11,18-19,21H,8,10,12-17H2,1-5H3,(H,28,32)(H,29,33)/t18-,21-/m0/s1. The Labute approximate surface area is 219 Å². The van der Waals surface area contributed by atoms with Gasteiger partial charge in [0.2, 0.25) is 17.7 Å². The lowest BCUT2D eigenvalue weighted by Crippen LogP contribution is -2.52. The molecule has 10 heteroatoms. The minimum Gasteiger partial charge on any atom is -0.496 e. The molecule has 0 bridgehead atoms. The first kappa shape index (κ1) is 28.3. The fraction of sp³-hybridized carbons (Fsp3) is 0.630. The molecule has 2 aliphatic rings. The molecule has 0 aromatic heterocycles. The minimum atomic E-state index is -0.692. The lowest BCUT2D eigenvalue weighted by atomic mass is 9.95. The molecule has 0 unspecified atom stereocenters. The number of likely N-dealkylation sites (tertiary alicyclic amines) is 2. The van der Waals surface area contributed by atoms with Crippen LogP contribution in [0.2, 0.25) is 0 Å². The van der Waals surface area contributed by atoms with Crippen LogP contribution in [-0.4, -0.2) is 78.0 Å². The lowest BCUT2D eigenvalue weighted by molar-refractivity contribution is -0.139. The number of nitrogens with zero attached hydrogens (tertiary/aromatic N) is 2. The van der Waals surface area contributed by atoms with Gasteiger partial charge in [0.25, 0.3) is 0 Å². The highest BCUT2D eigenvalue weighted by atomic mass is 16.6. The van der Waals surface area contributed by atoms with Gasteiger partial charge in [-0.1, -0.05) is 18.2 Å². The molecule has 2 atom stereocenters. The van der Waals surface area contributed by atoms with Crippen LogP contribution in [0.15, 0.2) is 24.3 Å². The van der Waals surface area contributed by atoms with Gasteiger partial charge in [-0.25, -0.2) is 4.79 Å². The second kappa shape index (κ2) is 12.3. The topological polar surface area (TPSA) is 117 Å². The molecular weight excluding hydrogens is 476 g/mol. The highest BCUT2D eigenvalue weighted by Crippen LogP contribution is 2.25. The van der Waals surface area contributed by atoms with Crippen molar-refractivity contribution in [3.05, 3.63) is 29.8 Å². The summed E-state index contributed by atoms with van der Waals surface area (Å²) in [5, 5.41) is 5.64. The van der Waals surface area contributed by atoms with Gasteiger partial charge in [0.05, 0.1) is 7.11 Å². The summed E-state index contributed by atoms with van der Waals surface area (Å²) in [5.41, 5.74) is 0.225. The van der Waals surface area contributed by atoms with Crippen molar-refractivity contribution in [3.8, 4) is 5.75 Å². The third kappa shape index (κ3) is 7.60. The summed E-state index contributed by atoms with van der Waals surface area (Å²) < 4.78 is 10.8. The molecule has 0 aliphatic carbocycles. The monoisotopic (exact) mass is 516 g/mol. The molecule has 2 heterocycles. The molecule has 10 nitrogen and oxygen atoms in total. The van der Waals surface area contributed by atoms with Crippen molar-refractivity contribution >= 4 is 23.8 Å². The maximum Gasteiger partial charge on any atom is 0.410 e. The Kier molecular flexibility index (Phi) is 9.39. The first-order valence-electron chi connectivity index (χ1n) is 13.0. The SMILES string of the molecule is COc1ccccc1CNC(=O)[C@H](C)NC(=O)C1CCN(C(=O)[C@@H]2CCCN2C(=O)OC(C)(C)C)CC1. The predicted molar refractivity (Wildman–Crippen MR) is 138 cm³/mol. The van der Waals surface area contributed by atoms with Crippen LogP contribution >= 0.6 is 0 Å². The molecule has 1 aromatic rings. The zero-order valence-electron chi connectivity index (χ0n) is 22.5. The Hall–Kier alpha value is -3.30. The van der Waals surface area contributed by atoms with E-state index in [2.05, 4.69) is 10.6 Å². The molecule has 204 valence electrons. The molecule has 2 aliphatic heterocycles. The Morgan fingerprint density at radius 2 is 1.73 bits per heavy atom. The average molecular weight is 517 g/mol. The number of amides is 4. The summed E-state index contributed by atoms with van der Waals surface area (Å²) in [7, 11) is 1.58. The van der Waals surface area contributed by atoms with Crippen LogP contribution in [0, 0.1) is 5.92 Å². The summed E-state index contributed by atoms with van der Waals surface area (Å²) in [6, 6.07) is 6.21. The van der Waals surface area contributed by atoms with Crippen molar-refractivity contribution in [2.45, 2.75) is 77.6 Å². The highest BCUT2D eigenvalue weighted by molar-refractivity contribution is 5.89. The van der Waals surface area contributed by atoms with Crippen molar-refractivity contribution in [3.63, 3.8) is 0 Å². The van der Waals surface area contributed by atoms with E-state index in [0.717, 1.165) is 12.0 Å². The smallest absolute Gasteiger partial charge is 0.410 e. The quantitative estimate of drug-likeness (QED) is 0.575. The van der Waals surface area contributed by atoms with Gasteiger partial charge in [0.15, 0.2) is 0 Å². The molecule has 2 fully saturated rings. The van der Waals surface area contributed by atoms with E-state index in [0.29, 0.717) is 51.2 Å². The molecule has 0 spiro atoms. The summed E-state index contributed by atoms with van der Waals surface area (Å²) in [6.07, 6.45) is 1.92. The number of carbonyl (C=O) groups is 4. The minimum absolute atomic E-state index is 0.0914. The van der Waals surface area contributed by atoms with Crippen LogP contribution in [0.25, 0.3) is 0 Å². The number of methoxy groups -OCH3 is 1. The van der Waals surface area contributed by atoms with Crippen molar-refractivity contribution in [1.82, 2.24) is 20.4 Å². The van der Waals surface area contributed by atoms with Crippen LogP contribution in [0.3, 0.4) is 0 Å². The Morgan fingerprint density at radius 1 is 1.05 bits per heavy atom. The number of rotatable bonds is 7. The van der Waals surface area contributed by atoms with Crippen molar-refractivity contribution < 1.29 is 28.7 Å². The maximum atomic E-state index is 13.2. The van der Waals surface area contributed by atoms with Gasteiger partial charge in [-0.2, -0.15) is 0 Å². The Morgan fingerprint density at radius 3 is 2.38 bits per heavy atom. The van der Waals surface area contributed by atoms with Crippen LogP contribution in [-0.2, 0) is 25.7 Å². The van der Waals surface area contributed by atoms with Gasteiger partial charge in [-0.15, -0.1) is 0 Å². The van der Waals surface area contributed by atoms with Gasteiger partial charge in [-0.05, 0) is 59.4 Å². The average Bonchev–Trinajstić information content (AvgIpc) is 3.36. The highest BCUT2D eigenvalue weighted by Gasteiger charge is 2.40. The van der Waals surface area contributed by atoms with Crippen molar-refractivity contribution in [2.75, 3.05) is 26.7 Å². The van der Waals surface area contributed by atoms with E-state index < -0.39 is 23.8 Å². The second-order valence-electron chi connectivity index (χ2n) is 10.7. The van der Waals surface area contributed by atoms with E-state index in [1.807, 2.05) is 24.3 Å². The Balaban J connectivity index is 1.45. The number of hydrogen-bond acceptors (Lipinski definition) is 6. The van der Waals surface area contributed by atoms with Crippen LogP contribution < -0.4 is 15.4 Å². The number of nitrogens with one attached hydrogen (secondary N) is 2. The van der Waals surface area contributed by atoms with E-state index in [1.165, 1.54) is 4.90 Å². The molecule has 0 saturated carbocycles. The number of benzene rings is 1. The van der Waals surface area contributed by atoms with Crippen molar-refractivity contribution in [1.29, 1.82) is 0 Å². The molecule has 4 amide bonds. The normalized spacial score (nSPS) is 19.2. The van der Waals surface area contributed by atoms with Gasteiger partial charge < -0.3 is 25.0 Å². The third-order valence-electron chi connectivity index (χ3n) is 6.74. The van der Waals surface area contributed by atoms with Gasteiger partial charge in [0.1, 0.15) is 23.4 Å². The molecule has 2 saturated heterocycles. The fourth-order valence-electron chi connectivity index (χ4n) is 4.72. The number of carbonyl (C=O) groups excluding carboxylic acids is 4. The second-order valence-corrected chi connectivity index (χ2v) is 10.7. The van der Waals surface area contributed by atoms with E-state index in [4.69, 9.17) is 9.47 Å². The van der Waals surface area contributed by atoms with Gasteiger partial charge >= 0.3 is 6.09 Å². The molecule has 2 N–H and O–H groups in total. The predicted octanol–water partition coefficient (Wildman–Crippen LogP) is 2.45. The molecule has 1 aromatic carbocycles. The van der Waals surface area contributed by atoms with Gasteiger partial charge in [-0.3, -0.25) is 19.3 Å². The molecule has 3 rings (SSSR count). The Bertz CT molecular complexity index is 983. The first-order chi connectivity index (χ1) is 17.5. The number of piperidine rings is 1. The molecule has 37 heavy (non-hydrogen) atoms. The first-order valence-corrected chi connectivity index (χ1v) is 13.0. The number of ether oxygens (including phenoxy) is 2. The summed E-state index contributed by atoms with van der Waals surface area (Å²) >= 11 is 0. The maximum absolute atomic E-state index is 13.2. The summed E-state index contributed by atoms with van der Waals surface area (Å²) in [4.78, 5) is 54.3. The van der Waals surface area contributed by atoms with Crippen LogP contribution in [0.4, 0.5) is 4.79 Å². The third-order valence-corrected chi connectivity index (χ3v) is 6.74. The van der Waals surface area contributed by atoms with E-state index >= 15 is 0 Å². The van der Waals surface area contributed by atoms with Crippen LogP contribution in [0.1, 0.15) is 58.9 Å². The zero-order chi connectivity index (χ0) is 27.2. The molecule has 0 radical (unpaired) electrons. The number of para-hydroxylation sites is 1. The lowest BCUT2D eigenvalue weighted by Gasteiger charge is -2.35. The van der Waals surface area contributed by atoms with Crippen LogP contribution in [0.5, 0.6) is 5.75 Å².